The zero-order chi connectivity index (χ0) is 41.8. The molecule has 302 valence electrons. The van der Waals surface area contributed by atoms with Crippen LogP contribution in [0.5, 0.6) is 5.75 Å². The molecule has 4 rings (SSSR count). The summed E-state index contributed by atoms with van der Waals surface area (Å²) in [6.07, 6.45) is 1.90. The summed E-state index contributed by atoms with van der Waals surface area (Å²) in [5.41, 5.74) is 6.80. The number of ether oxygens (including phenoxy) is 5. The number of amides is 3. The van der Waals surface area contributed by atoms with Gasteiger partial charge < -0.3 is 40.1 Å². The summed E-state index contributed by atoms with van der Waals surface area (Å²) in [6, 6.07) is 10.8. The van der Waals surface area contributed by atoms with Gasteiger partial charge >= 0.3 is 24.0 Å². The molecule has 1 aliphatic carbocycles. The number of nitrogens with two attached hydrogens (primary N) is 1. The van der Waals surface area contributed by atoms with Crippen molar-refractivity contribution < 1.29 is 52.5 Å². The molecule has 1 aliphatic rings. The molecule has 0 bridgehead atoms. The maximum atomic E-state index is 14.0. The monoisotopic (exact) mass is 786 g/mol. The molecule has 3 amide bonds. The van der Waals surface area contributed by atoms with E-state index in [0.29, 0.717) is 35.9 Å². The van der Waals surface area contributed by atoms with E-state index in [2.05, 4.69) is 27.5 Å². The molecular formula is C40H46N6O11. The smallest absolute Gasteiger partial charge is 0.415 e. The molecule has 17 nitrogen and oxygen atoms in total. The Labute approximate surface area is 329 Å². The van der Waals surface area contributed by atoms with Crippen LogP contribution in [0.15, 0.2) is 55.1 Å². The molecule has 3 unspecified atom stereocenters. The number of benzene rings is 2. The van der Waals surface area contributed by atoms with Gasteiger partial charge in [0.05, 0.1) is 7.11 Å². The number of pyridine rings is 1. The summed E-state index contributed by atoms with van der Waals surface area (Å²) < 4.78 is 25.6. The van der Waals surface area contributed by atoms with Crippen LogP contribution >= 0.6 is 0 Å². The Morgan fingerprint density at radius 3 is 2.30 bits per heavy atom. The molecule has 0 aliphatic heterocycles. The van der Waals surface area contributed by atoms with Crippen molar-refractivity contribution in [1.82, 2.24) is 15.6 Å². The maximum absolute atomic E-state index is 14.0. The molecule has 1 saturated carbocycles. The van der Waals surface area contributed by atoms with Crippen LogP contribution in [0, 0.1) is 17.2 Å². The van der Waals surface area contributed by atoms with Gasteiger partial charge in [0.1, 0.15) is 23.3 Å². The number of aromatic nitrogens is 1. The lowest BCUT2D eigenvalue weighted by Gasteiger charge is -2.18. The van der Waals surface area contributed by atoms with Crippen molar-refractivity contribution in [3.8, 4) is 16.9 Å². The van der Waals surface area contributed by atoms with Gasteiger partial charge in [0.2, 0.25) is 13.1 Å². The number of anilines is 1. The van der Waals surface area contributed by atoms with Crippen molar-refractivity contribution in [1.29, 1.82) is 5.41 Å². The summed E-state index contributed by atoms with van der Waals surface area (Å²) >= 11 is 0. The molecule has 2 aromatic carbocycles. The lowest BCUT2D eigenvalue weighted by atomic mass is 9.94. The Bertz CT molecular complexity index is 2030. The number of amidine groups is 1. The molecule has 0 spiro atoms. The lowest BCUT2D eigenvalue weighted by molar-refractivity contribution is -0.162. The van der Waals surface area contributed by atoms with Crippen LogP contribution in [0.4, 0.5) is 10.5 Å². The average molecular weight is 787 g/mol. The van der Waals surface area contributed by atoms with Gasteiger partial charge in [0.15, 0.2) is 5.69 Å². The van der Waals surface area contributed by atoms with Crippen LogP contribution in [0.1, 0.15) is 89.4 Å². The summed E-state index contributed by atoms with van der Waals surface area (Å²) in [4.78, 5) is 80.8. The standard InChI is InChI=1S/C40H46N6O11/c1-7-21(3)33(41)38(50)54-20-55-39(51)34-28(15-16-31(45-34)37(49)43-19-24-9-10-24)29-18-32(53-6)25(8-2)17-30(29)36(48)44-27-13-11-26(12-14-27)35(42)46-40(52)57-23(5)56-22(4)47/h8,11-18,21,23-24,33H,2,7,9-10,19-20,41H2,1,3-6H3,(H,43,49)(H,44,48)(H2,42,46,52). The number of alkyl carbamates (subject to hydrolysis) is 1. The minimum atomic E-state index is -1.17. The second-order valence-electron chi connectivity index (χ2n) is 13.1. The number of nitrogens with one attached hydrogen (secondary N) is 4. The lowest BCUT2D eigenvalue weighted by Crippen LogP contribution is -2.38. The SMILES string of the molecule is C=Cc1cc(C(=O)Nc2ccc(C(=N)NC(=O)OC(C)OC(C)=O)cc2)c(-c2ccc(C(=O)NCC3CC3)nc2C(=O)OCOC(=O)C(N)C(C)CC)cc1OC. The molecule has 3 aromatic rings. The molecule has 3 atom stereocenters. The summed E-state index contributed by atoms with van der Waals surface area (Å²) in [5.74, 6) is -3.47. The highest BCUT2D eigenvalue weighted by Crippen LogP contribution is 2.35. The molecule has 1 aromatic heterocycles. The van der Waals surface area contributed by atoms with Gasteiger partial charge in [0, 0.05) is 53.9 Å². The molecule has 1 fully saturated rings. The highest BCUT2D eigenvalue weighted by molar-refractivity contribution is 6.11. The molecule has 6 N–H and O–H groups in total. The summed E-state index contributed by atoms with van der Waals surface area (Å²) in [5, 5.41) is 16.0. The van der Waals surface area contributed by atoms with Crippen molar-refractivity contribution in [3.63, 3.8) is 0 Å². The topological polar surface area (TPSA) is 247 Å². The third-order valence-corrected chi connectivity index (χ3v) is 8.88. The molecule has 17 heteroatoms. The Morgan fingerprint density at radius 1 is 0.982 bits per heavy atom. The molecule has 57 heavy (non-hydrogen) atoms. The number of esters is 3. The summed E-state index contributed by atoms with van der Waals surface area (Å²) in [6.45, 7) is 9.62. The van der Waals surface area contributed by atoms with Crippen LogP contribution in [-0.2, 0) is 28.5 Å². The Morgan fingerprint density at radius 2 is 1.68 bits per heavy atom. The van der Waals surface area contributed by atoms with Crippen LogP contribution in [-0.4, -0.2) is 79.4 Å². The Kier molecular flexibility index (Phi) is 15.0. The fourth-order valence-corrected chi connectivity index (χ4v) is 5.27. The average Bonchev–Trinajstić information content (AvgIpc) is 4.03. The van der Waals surface area contributed by atoms with Gasteiger partial charge in [-0.05, 0) is 73.2 Å². The third-order valence-electron chi connectivity index (χ3n) is 8.88. The van der Waals surface area contributed by atoms with Gasteiger partial charge in [-0.3, -0.25) is 29.9 Å². The first kappa shape index (κ1) is 43.1. The highest BCUT2D eigenvalue weighted by Gasteiger charge is 2.27. The van der Waals surface area contributed by atoms with E-state index in [-0.39, 0.29) is 45.4 Å². The molecule has 0 saturated heterocycles. The summed E-state index contributed by atoms with van der Waals surface area (Å²) in [7, 11) is 1.42. The number of carbonyl (C=O) groups excluding carboxylic acids is 6. The van der Waals surface area contributed by atoms with Crippen molar-refractivity contribution in [2.45, 2.75) is 59.3 Å². The zero-order valence-electron chi connectivity index (χ0n) is 32.3. The van der Waals surface area contributed by atoms with Crippen molar-refractivity contribution >= 4 is 53.4 Å². The van der Waals surface area contributed by atoms with E-state index >= 15 is 0 Å². The van der Waals surface area contributed by atoms with E-state index in [9.17, 15) is 28.8 Å². The zero-order valence-corrected chi connectivity index (χ0v) is 32.3. The van der Waals surface area contributed by atoms with Gasteiger partial charge in [-0.25, -0.2) is 14.6 Å². The quantitative estimate of drug-likeness (QED) is 0.0536. The molecule has 0 radical (unpaired) electrons. The fourth-order valence-electron chi connectivity index (χ4n) is 5.27. The Hall–Kier alpha value is -6.62. The van der Waals surface area contributed by atoms with E-state index in [1.165, 1.54) is 68.6 Å². The fraction of sp³-hybridized carbons (Fsp3) is 0.350. The Balaban J connectivity index is 1.64. The predicted octanol–water partition coefficient (Wildman–Crippen LogP) is 4.78. The second kappa shape index (κ2) is 19.8. The largest absolute Gasteiger partial charge is 0.496 e. The van der Waals surface area contributed by atoms with Crippen LogP contribution in [0.25, 0.3) is 17.2 Å². The van der Waals surface area contributed by atoms with Gasteiger partial charge in [0.25, 0.3) is 11.8 Å². The first-order valence-electron chi connectivity index (χ1n) is 18.0. The van der Waals surface area contributed by atoms with E-state index < -0.39 is 54.9 Å². The van der Waals surface area contributed by atoms with E-state index in [4.69, 9.17) is 34.8 Å². The number of methoxy groups -OCH3 is 1. The normalized spacial score (nSPS) is 13.4. The van der Waals surface area contributed by atoms with Crippen molar-refractivity contribution in [2.75, 3.05) is 25.8 Å². The number of nitrogens with zero attached hydrogens (tertiary/aromatic N) is 1. The number of hydrogen-bond donors (Lipinski definition) is 5. The molecule has 1 heterocycles. The van der Waals surface area contributed by atoms with E-state index in [1.807, 2.05) is 6.92 Å². The number of hydrogen-bond acceptors (Lipinski definition) is 14. The first-order valence-corrected chi connectivity index (χ1v) is 18.0. The van der Waals surface area contributed by atoms with Crippen molar-refractivity contribution in [2.24, 2.45) is 17.6 Å². The van der Waals surface area contributed by atoms with Gasteiger partial charge in [-0.15, -0.1) is 0 Å². The first-order chi connectivity index (χ1) is 27.1. The predicted molar refractivity (Wildman–Crippen MR) is 207 cm³/mol. The van der Waals surface area contributed by atoms with E-state index in [1.54, 1.807) is 6.92 Å². The maximum Gasteiger partial charge on any atom is 0.415 e. The van der Waals surface area contributed by atoms with Gasteiger partial charge in [-0.2, -0.15) is 0 Å². The second-order valence-corrected chi connectivity index (χ2v) is 13.1. The minimum absolute atomic E-state index is 0.0431. The van der Waals surface area contributed by atoms with Gasteiger partial charge in [-0.1, -0.05) is 32.9 Å². The van der Waals surface area contributed by atoms with Crippen LogP contribution in [0.3, 0.4) is 0 Å². The minimum Gasteiger partial charge on any atom is -0.496 e. The van der Waals surface area contributed by atoms with Crippen molar-refractivity contribution in [3.05, 3.63) is 83.2 Å². The van der Waals surface area contributed by atoms with Crippen LogP contribution < -0.4 is 26.4 Å². The number of rotatable bonds is 17. The van der Waals surface area contributed by atoms with E-state index in [0.717, 1.165) is 19.8 Å². The van der Waals surface area contributed by atoms with Crippen LogP contribution in [0.2, 0.25) is 0 Å². The molecular weight excluding hydrogens is 740 g/mol. The third kappa shape index (κ3) is 11.9. The number of carbonyl (C=O) groups is 6. The highest BCUT2D eigenvalue weighted by atomic mass is 16.7.